The molecule has 1 N–H and O–H groups in total. The first kappa shape index (κ1) is 12.7. The molecule has 0 saturated carbocycles. The highest BCUT2D eigenvalue weighted by molar-refractivity contribution is 6.17. The lowest BCUT2D eigenvalue weighted by Crippen LogP contribution is -2.42. The maximum atomic E-state index is 8.82. The Labute approximate surface area is 85.2 Å². The Morgan fingerprint density at radius 3 is 1.42 bits per heavy atom. The zero-order chi connectivity index (χ0) is 9.45. The third kappa shape index (κ3) is 4.09. The van der Waals surface area contributed by atoms with Crippen molar-refractivity contribution in [3.8, 4) is 0 Å². The summed E-state index contributed by atoms with van der Waals surface area (Å²) in [5.41, 5.74) is 0. The number of aliphatic hydroxyl groups is 1. The molecular weight excluding hydrogens is 230 g/mol. The van der Waals surface area contributed by atoms with Gasteiger partial charge in [-0.2, -0.15) is 0 Å². The van der Waals surface area contributed by atoms with Gasteiger partial charge in [0.1, 0.15) is 24.8 Å². The van der Waals surface area contributed by atoms with Crippen molar-refractivity contribution in [2.45, 2.75) is 5.97 Å². The average Bonchev–Trinajstić information content (AvgIpc) is 2.06. The first-order valence-corrected chi connectivity index (χ1v) is 4.55. The van der Waals surface area contributed by atoms with Crippen LogP contribution in [-0.2, 0) is 14.2 Å². The summed E-state index contributed by atoms with van der Waals surface area (Å²) in [5.74, 6) is -1.65. The van der Waals surface area contributed by atoms with Crippen molar-refractivity contribution in [1.82, 2.24) is 0 Å². The molecule has 0 radical (unpaired) electrons. The van der Waals surface area contributed by atoms with Gasteiger partial charge in [0, 0.05) is 0 Å². The van der Waals surface area contributed by atoms with E-state index in [1.807, 2.05) is 0 Å². The normalized spacial score (nSPS) is 12.0. The summed E-state index contributed by atoms with van der Waals surface area (Å²) < 4.78 is 14.3. The van der Waals surface area contributed by atoms with Crippen molar-refractivity contribution in [2.24, 2.45) is 0 Å². The first-order chi connectivity index (χ1) is 5.74. The Hall–Kier alpha value is 0.710. The molecule has 4 nitrogen and oxygen atoms in total. The summed E-state index contributed by atoms with van der Waals surface area (Å²) in [6.07, 6.45) is 0. The molecule has 0 spiro atoms. The van der Waals surface area contributed by atoms with Crippen LogP contribution in [0.1, 0.15) is 0 Å². The van der Waals surface area contributed by atoms with Crippen LogP contribution in [0.15, 0.2) is 0 Å². The lowest BCUT2D eigenvalue weighted by Gasteiger charge is -2.28. The molecule has 0 heterocycles. The summed E-state index contributed by atoms with van der Waals surface area (Å²) in [6.45, 7) is -0.542. The van der Waals surface area contributed by atoms with Gasteiger partial charge >= 0.3 is 5.97 Å². The molecule has 0 fully saturated rings. The molecule has 7 heteroatoms. The van der Waals surface area contributed by atoms with Gasteiger partial charge in [-0.1, -0.05) is 34.8 Å². The monoisotopic (exact) mass is 238 g/mol. The number of ether oxygens (including phenoxy) is 3. The van der Waals surface area contributed by atoms with Gasteiger partial charge in [-0.05, 0) is 0 Å². The van der Waals surface area contributed by atoms with Crippen LogP contribution in [0.3, 0.4) is 0 Å². The minimum atomic E-state index is -1.65. The molecule has 12 heavy (non-hydrogen) atoms. The van der Waals surface area contributed by atoms with Gasteiger partial charge in [0.2, 0.25) is 0 Å². The maximum Gasteiger partial charge on any atom is 0.311 e. The topological polar surface area (TPSA) is 47.9 Å². The smallest absolute Gasteiger partial charge is 0.311 e. The fourth-order valence-electron chi connectivity index (χ4n) is 0.511. The summed E-state index contributed by atoms with van der Waals surface area (Å²) >= 11 is 15.8. The van der Waals surface area contributed by atoms with Gasteiger partial charge in [0.05, 0.1) is 0 Å². The Kier molecular flexibility index (Phi) is 7.57. The molecule has 0 aliphatic rings. The van der Waals surface area contributed by atoms with Crippen LogP contribution in [0.25, 0.3) is 0 Å². The lowest BCUT2D eigenvalue weighted by molar-refractivity contribution is -0.374. The van der Waals surface area contributed by atoms with Crippen LogP contribution in [0.4, 0.5) is 0 Å². The zero-order valence-electron chi connectivity index (χ0n) is 6.13. The van der Waals surface area contributed by atoms with Crippen molar-refractivity contribution in [1.29, 1.82) is 0 Å². The lowest BCUT2D eigenvalue weighted by atomic mass is 10.6. The minimum absolute atomic E-state index is 0.200. The molecule has 0 aromatic carbocycles. The third-order valence-corrected chi connectivity index (χ3v) is 1.34. The molecule has 0 aliphatic heterocycles. The Balaban J connectivity index is 4.06. The fourth-order valence-corrected chi connectivity index (χ4v) is 1.01. The molecule has 0 rings (SSSR count). The molecule has 0 amide bonds. The molecule has 0 unspecified atom stereocenters. The largest absolute Gasteiger partial charge is 0.388 e. The van der Waals surface area contributed by atoms with Crippen LogP contribution >= 0.6 is 34.8 Å². The van der Waals surface area contributed by atoms with Gasteiger partial charge in [-0.3, -0.25) is 0 Å². The zero-order valence-corrected chi connectivity index (χ0v) is 8.40. The highest BCUT2D eigenvalue weighted by Gasteiger charge is 2.32. The molecule has 0 aliphatic carbocycles. The van der Waals surface area contributed by atoms with Gasteiger partial charge in [0.15, 0.2) is 0 Å². The van der Waals surface area contributed by atoms with E-state index in [9.17, 15) is 0 Å². The molecule has 0 aromatic heterocycles. The number of hydrogen-bond donors (Lipinski definition) is 1. The number of alkyl halides is 3. The third-order valence-electron chi connectivity index (χ3n) is 1.02. The summed E-state index contributed by atoms with van der Waals surface area (Å²) in [6, 6.07) is -0.600. The quantitative estimate of drug-likeness (QED) is 0.537. The van der Waals surface area contributed by atoms with E-state index in [1.54, 1.807) is 0 Å². The second kappa shape index (κ2) is 7.15. The highest BCUT2D eigenvalue weighted by atomic mass is 35.5. The highest BCUT2D eigenvalue weighted by Crippen LogP contribution is 2.16. The van der Waals surface area contributed by atoms with E-state index in [2.05, 4.69) is 0 Å². The second-order valence-electron chi connectivity index (χ2n) is 1.60. The van der Waals surface area contributed by atoms with E-state index >= 15 is 0 Å². The second-order valence-corrected chi connectivity index (χ2v) is 2.26. The van der Waals surface area contributed by atoms with E-state index < -0.39 is 12.6 Å². The molecule has 0 atom stereocenters. The van der Waals surface area contributed by atoms with Gasteiger partial charge in [0.25, 0.3) is 0 Å². The van der Waals surface area contributed by atoms with Crippen LogP contribution in [0.5, 0.6) is 0 Å². The van der Waals surface area contributed by atoms with E-state index in [-0.39, 0.29) is 18.2 Å². The number of rotatable bonds is 7. The van der Waals surface area contributed by atoms with E-state index in [0.717, 1.165) is 0 Å². The van der Waals surface area contributed by atoms with Crippen LogP contribution in [0, 0.1) is 0 Å². The number of aliphatic hydroxyl groups excluding tert-OH is 1. The molecule has 74 valence electrons. The maximum absolute atomic E-state index is 8.82. The summed E-state index contributed by atoms with van der Waals surface area (Å²) in [5, 5.41) is 8.82. The molecule has 0 bridgehead atoms. The fraction of sp³-hybridized carbons (Fsp3) is 1.00. The Bertz CT molecular complexity index is 95.8. The number of hydrogen-bond acceptors (Lipinski definition) is 4. The van der Waals surface area contributed by atoms with E-state index in [4.69, 9.17) is 54.1 Å². The Morgan fingerprint density at radius 1 is 0.917 bits per heavy atom. The Morgan fingerprint density at radius 2 is 1.25 bits per heavy atom. The predicted molar refractivity (Wildman–Crippen MR) is 45.2 cm³/mol. The summed E-state index contributed by atoms with van der Waals surface area (Å²) in [4.78, 5) is 0. The molecule has 0 aromatic rings. The van der Waals surface area contributed by atoms with Crippen LogP contribution in [0.2, 0.25) is 0 Å². The van der Waals surface area contributed by atoms with Gasteiger partial charge < -0.3 is 19.3 Å². The molecule has 0 saturated heterocycles. The van der Waals surface area contributed by atoms with Crippen molar-refractivity contribution in [3.63, 3.8) is 0 Å². The van der Waals surface area contributed by atoms with E-state index in [1.165, 1.54) is 0 Å². The van der Waals surface area contributed by atoms with Crippen molar-refractivity contribution in [3.05, 3.63) is 0 Å². The van der Waals surface area contributed by atoms with Crippen molar-refractivity contribution in [2.75, 3.05) is 24.8 Å². The van der Waals surface area contributed by atoms with Crippen molar-refractivity contribution >= 4 is 34.8 Å². The van der Waals surface area contributed by atoms with E-state index in [0.29, 0.717) is 0 Å². The minimum Gasteiger partial charge on any atom is -0.388 e. The molecular formula is C5H9Cl3O4. The SMILES string of the molecule is OCC(OCCl)(OCCl)OCCl. The first-order valence-electron chi connectivity index (χ1n) is 2.95. The standard InChI is InChI=1S/C5H9Cl3O4/c6-2-10-5(1-9,11-3-7)12-4-8/h9H,1-4H2. The van der Waals surface area contributed by atoms with Crippen LogP contribution in [-0.4, -0.2) is 35.9 Å². The summed E-state index contributed by atoms with van der Waals surface area (Å²) in [7, 11) is 0. The van der Waals surface area contributed by atoms with Gasteiger partial charge in [-0.15, -0.1) is 0 Å². The number of halogens is 3. The van der Waals surface area contributed by atoms with Crippen molar-refractivity contribution < 1.29 is 19.3 Å². The average molecular weight is 239 g/mol. The van der Waals surface area contributed by atoms with Crippen LogP contribution < -0.4 is 0 Å². The predicted octanol–water partition coefficient (Wildman–Crippen LogP) is 1.27. The van der Waals surface area contributed by atoms with Gasteiger partial charge in [-0.25, -0.2) is 0 Å².